The zero-order valence-electron chi connectivity index (χ0n) is 14.1. The second-order valence-corrected chi connectivity index (χ2v) is 6.00. The van der Waals surface area contributed by atoms with Gasteiger partial charge >= 0.3 is 5.97 Å². The number of nitrogens with zero attached hydrogens (tertiary/aromatic N) is 1. The van der Waals surface area contributed by atoms with Crippen LogP contribution in [0, 0.1) is 5.41 Å². The van der Waals surface area contributed by atoms with Crippen molar-refractivity contribution in [2.24, 2.45) is 10.6 Å². The maximum absolute atomic E-state index is 11.2. The SMILES string of the molecule is CCC(=O)OCC(C)(C)/C(C)=N/OCCCc1ccccc1. The second kappa shape index (κ2) is 9.23. The smallest absolute Gasteiger partial charge is 0.305 e. The van der Waals surface area contributed by atoms with E-state index in [0.717, 1.165) is 18.6 Å². The Labute approximate surface area is 133 Å². The molecule has 0 aliphatic rings. The van der Waals surface area contributed by atoms with Crippen LogP contribution in [0.4, 0.5) is 0 Å². The molecule has 0 saturated carbocycles. The first-order chi connectivity index (χ1) is 10.5. The maximum atomic E-state index is 11.2. The van der Waals surface area contributed by atoms with E-state index in [2.05, 4.69) is 17.3 Å². The normalized spacial score (nSPS) is 12.1. The molecule has 0 aliphatic heterocycles. The van der Waals surface area contributed by atoms with Crippen molar-refractivity contribution < 1.29 is 14.4 Å². The van der Waals surface area contributed by atoms with E-state index in [1.807, 2.05) is 39.0 Å². The molecule has 1 rings (SSSR count). The summed E-state index contributed by atoms with van der Waals surface area (Å²) in [6.45, 7) is 8.56. The third-order valence-electron chi connectivity index (χ3n) is 3.61. The Kier molecular flexibility index (Phi) is 7.64. The zero-order valence-corrected chi connectivity index (χ0v) is 14.1. The Morgan fingerprint density at radius 1 is 1.23 bits per heavy atom. The van der Waals surface area contributed by atoms with Crippen molar-refractivity contribution in [3.05, 3.63) is 35.9 Å². The number of hydrogen-bond acceptors (Lipinski definition) is 4. The van der Waals surface area contributed by atoms with Crippen molar-refractivity contribution in [3.8, 4) is 0 Å². The van der Waals surface area contributed by atoms with Crippen molar-refractivity contribution in [2.45, 2.75) is 47.0 Å². The second-order valence-electron chi connectivity index (χ2n) is 6.00. The Hall–Kier alpha value is -1.84. The molecule has 0 atom stereocenters. The van der Waals surface area contributed by atoms with Crippen LogP contribution in [0.1, 0.15) is 46.1 Å². The van der Waals surface area contributed by atoms with Crippen molar-refractivity contribution in [3.63, 3.8) is 0 Å². The molecule has 0 amide bonds. The summed E-state index contributed by atoms with van der Waals surface area (Å²) >= 11 is 0. The maximum Gasteiger partial charge on any atom is 0.305 e. The van der Waals surface area contributed by atoms with E-state index in [1.165, 1.54) is 5.56 Å². The number of oxime groups is 1. The van der Waals surface area contributed by atoms with Gasteiger partial charge in [0.1, 0.15) is 13.2 Å². The number of carbonyl (C=O) groups excluding carboxylic acids is 1. The molecule has 0 aliphatic carbocycles. The summed E-state index contributed by atoms with van der Waals surface area (Å²) in [7, 11) is 0. The summed E-state index contributed by atoms with van der Waals surface area (Å²) in [6.07, 6.45) is 2.29. The third kappa shape index (κ3) is 6.74. The molecule has 0 fully saturated rings. The van der Waals surface area contributed by atoms with E-state index < -0.39 is 0 Å². The predicted octanol–water partition coefficient (Wildman–Crippen LogP) is 3.99. The first-order valence-electron chi connectivity index (χ1n) is 7.82. The topological polar surface area (TPSA) is 47.9 Å². The summed E-state index contributed by atoms with van der Waals surface area (Å²) in [5.41, 5.74) is 1.82. The molecule has 1 aromatic carbocycles. The number of hydrogen-bond donors (Lipinski definition) is 0. The molecule has 1 aromatic rings. The molecular formula is C18H27NO3. The molecule has 0 aromatic heterocycles. The number of rotatable bonds is 9. The van der Waals surface area contributed by atoms with E-state index in [0.29, 0.717) is 19.6 Å². The molecule has 0 spiro atoms. The van der Waals surface area contributed by atoms with Crippen LogP contribution in [0.25, 0.3) is 0 Å². The predicted molar refractivity (Wildman–Crippen MR) is 88.9 cm³/mol. The Balaban J connectivity index is 2.30. The van der Waals surface area contributed by atoms with Gasteiger partial charge in [-0.3, -0.25) is 4.79 Å². The van der Waals surface area contributed by atoms with Crippen molar-refractivity contribution in [2.75, 3.05) is 13.2 Å². The fourth-order valence-electron chi connectivity index (χ4n) is 1.72. The molecule has 0 radical (unpaired) electrons. The first-order valence-corrected chi connectivity index (χ1v) is 7.82. The lowest BCUT2D eigenvalue weighted by Crippen LogP contribution is -2.29. The minimum Gasteiger partial charge on any atom is -0.465 e. The van der Waals surface area contributed by atoms with E-state index in [1.54, 1.807) is 6.92 Å². The van der Waals surface area contributed by atoms with Crippen molar-refractivity contribution in [1.29, 1.82) is 0 Å². The van der Waals surface area contributed by atoms with Gasteiger partial charge in [-0.2, -0.15) is 0 Å². The number of carbonyl (C=O) groups is 1. The first kappa shape index (κ1) is 18.2. The molecule has 4 heteroatoms. The summed E-state index contributed by atoms with van der Waals surface area (Å²) in [5.74, 6) is -0.190. The highest BCUT2D eigenvalue weighted by Gasteiger charge is 2.24. The van der Waals surface area contributed by atoms with Crippen molar-refractivity contribution >= 4 is 11.7 Å². The molecule has 122 valence electrons. The molecular weight excluding hydrogens is 278 g/mol. The van der Waals surface area contributed by atoms with Gasteiger partial charge < -0.3 is 9.57 Å². The lowest BCUT2D eigenvalue weighted by Gasteiger charge is -2.23. The average Bonchev–Trinajstić information content (AvgIpc) is 2.53. The standard InChI is InChI=1S/C18H27NO3/c1-5-17(20)21-14-18(3,4)15(2)19-22-13-9-12-16-10-7-6-8-11-16/h6-8,10-11H,5,9,12-14H2,1-4H3/b19-15+. The number of esters is 1. The Morgan fingerprint density at radius 3 is 2.55 bits per heavy atom. The van der Waals surface area contributed by atoms with Crippen LogP contribution in [0.2, 0.25) is 0 Å². The van der Waals surface area contributed by atoms with Crippen LogP contribution < -0.4 is 0 Å². The highest BCUT2D eigenvalue weighted by molar-refractivity contribution is 5.87. The fraction of sp³-hybridized carbons (Fsp3) is 0.556. The Bertz CT molecular complexity index is 480. The van der Waals surface area contributed by atoms with Crippen LogP contribution in [0.5, 0.6) is 0 Å². The number of ether oxygens (including phenoxy) is 1. The largest absolute Gasteiger partial charge is 0.465 e. The minimum atomic E-state index is -0.315. The highest BCUT2D eigenvalue weighted by atomic mass is 16.6. The molecule has 22 heavy (non-hydrogen) atoms. The molecule has 0 N–H and O–H groups in total. The van der Waals surface area contributed by atoms with E-state index in [9.17, 15) is 4.79 Å². The molecule has 0 bridgehead atoms. The van der Waals surface area contributed by atoms with Crippen LogP contribution in [-0.2, 0) is 20.8 Å². The van der Waals surface area contributed by atoms with Crippen molar-refractivity contribution in [1.82, 2.24) is 0 Å². The number of benzene rings is 1. The van der Waals surface area contributed by atoms with Gasteiger partial charge in [0.2, 0.25) is 0 Å². The van der Waals surface area contributed by atoms with Crippen LogP contribution >= 0.6 is 0 Å². The fourth-order valence-corrected chi connectivity index (χ4v) is 1.72. The molecule has 4 nitrogen and oxygen atoms in total. The minimum absolute atomic E-state index is 0.190. The van der Waals surface area contributed by atoms with Gasteiger partial charge in [-0.25, -0.2) is 0 Å². The van der Waals surface area contributed by atoms with Gasteiger partial charge in [0.15, 0.2) is 0 Å². The van der Waals surface area contributed by atoms with Gasteiger partial charge in [-0.15, -0.1) is 0 Å². The van der Waals surface area contributed by atoms with Crippen LogP contribution in [-0.4, -0.2) is 24.9 Å². The van der Waals surface area contributed by atoms with Gasteiger partial charge in [-0.1, -0.05) is 56.3 Å². The summed E-state index contributed by atoms with van der Waals surface area (Å²) in [4.78, 5) is 16.6. The lowest BCUT2D eigenvalue weighted by molar-refractivity contribution is -0.145. The zero-order chi connectivity index (χ0) is 16.4. The van der Waals surface area contributed by atoms with Gasteiger partial charge in [-0.05, 0) is 25.3 Å². The third-order valence-corrected chi connectivity index (χ3v) is 3.61. The quantitative estimate of drug-likeness (QED) is 0.300. The summed E-state index contributed by atoms with van der Waals surface area (Å²) in [5, 5.41) is 4.16. The average molecular weight is 305 g/mol. The highest BCUT2D eigenvalue weighted by Crippen LogP contribution is 2.18. The summed E-state index contributed by atoms with van der Waals surface area (Å²) in [6, 6.07) is 10.3. The monoisotopic (exact) mass is 305 g/mol. The molecule has 0 saturated heterocycles. The molecule has 0 heterocycles. The Morgan fingerprint density at radius 2 is 1.91 bits per heavy atom. The van der Waals surface area contributed by atoms with E-state index in [4.69, 9.17) is 9.57 Å². The van der Waals surface area contributed by atoms with Gasteiger partial charge in [0.05, 0.1) is 5.71 Å². The molecule has 0 unspecified atom stereocenters. The lowest BCUT2D eigenvalue weighted by atomic mass is 9.89. The van der Waals surface area contributed by atoms with Gasteiger partial charge in [0.25, 0.3) is 0 Å². The number of aryl methyl sites for hydroxylation is 1. The van der Waals surface area contributed by atoms with Gasteiger partial charge in [0, 0.05) is 11.8 Å². The van der Waals surface area contributed by atoms with Crippen LogP contribution in [0.3, 0.4) is 0 Å². The summed E-state index contributed by atoms with van der Waals surface area (Å²) < 4.78 is 5.19. The van der Waals surface area contributed by atoms with E-state index >= 15 is 0 Å². The van der Waals surface area contributed by atoms with E-state index in [-0.39, 0.29) is 11.4 Å². The van der Waals surface area contributed by atoms with Crippen LogP contribution in [0.15, 0.2) is 35.5 Å².